The topological polar surface area (TPSA) is 67.9 Å². The number of nitrogens with one attached hydrogen (secondary N) is 1. The molecular weight excluding hydrogens is 504 g/mol. The summed E-state index contributed by atoms with van der Waals surface area (Å²) in [5.74, 6) is 0.224. The Hall–Kier alpha value is -3.33. The molecule has 1 N–H and O–H groups in total. The molecule has 0 radical (unpaired) electrons. The smallest absolute Gasteiger partial charge is 0.285 e. The average molecular weight is 525 g/mol. The number of nitrogens with zero attached hydrogens (tertiary/aromatic N) is 1. The molecule has 2 amide bonds. The first-order valence-electron chi connectivity index (χ1n) is 10.6. The van der Waals surface area contributed by atoms with E-state index >= 15 is 0 Å². The molecule has 1 aliphatic heterocycles. The van der Waals surface area contributed by atoms with E-state index in [1.165, 1.54) is 6.07 Å². The first kappa shape index (κ1) is 24.8. The van der Waals surface area contributed by atoms with Crippen LogP contribution in [0.2, 0.25) is 5.02 Å². The Bertz CT molecular complexity index is 1340. The second-order valence-electron chi connectivity index (χ2n) is 7.59. The highest BCUT2D eigenvalue weighted by Crippen LogP contribution is 2.34. The molecular formula is C26H21ClN2O4S2. The summed E-state index contributed by atoms with van der Waals surface area (Å²) in [7, 11) is 1.56. The molecule has 4 rings (SSSR count). The number of amides is 2. The number of hydrogen-bond donors (Lipinski definition) is 1. The van der Waals surface area contributed by atoms with Crippen molar-refractivity contribution in [3.63, 3.8) is 0 Å². The van der Waals surface area contributed by atoms with Crippen LogP contribution in [0, 0.1) is 6.92 Å². The van der Waals surface area contributed by atoms with Crippen LogP contribution in [0.4, 0.5) is 0 Å². The summed E-state index contributed by atoms with van der Waals surface area (Å²) in [6.45, 7) is 2.44. The molecule has 0 saturated carbocycles. The molecule has 1 fully saturated rings. The predicted octanol–water partition coefficient (Wildman–Crippen LogP) is 5.78. The van der Waals surface area contributed by atoms with Gasteiger partial charge in [0.15, 0.2) is 15.8 Å². The van der Waals surface area contributed by atoms with Gasteiger partial charge < -0.3 is 9.47 Å². The van der Waals surface area contributed by atoms with Gasteiger partial charge in [0, 0.05) is 10.6 Å². The second kappa shape index (κ2) is 10.9. The molecule has 0 aromatic heterocycles. The van der Waals surface area contributed by atoms with Gasteiger partial charge in [-0.25, -0.2) is 0 Å². The number of rotatable bonds is 7. The van der Waals surface area contributed by atoms with Crippen molar-refractivity contribution in [2.45, 2.75) is 13.5 Å². The van der Waals surface area contributed by atoms with E-state index < -0.39 is 11.8 Å². The van der Waals surface area contributed by atoms with Crippen molar-refractivity contribution in [2.75, 3.05) is 7.11 Å². The van der Waals surface area contributed by atoms with E-state index in [1.807, 2.05) is 37.3 Å². The minimum Gasteiger partial charge on any atom is -0.493 e. The molecule has 0 aliphatic carbocycles. The van der Waals surface area contributed by atoms with Crippen molar-refractivity contribution < 1.29 is 19.1 Å². The van der Waals surface area contributed by atoms with Crippen molar-refractivity contribution in [2.24, 2.45) is 0 Å². The number of hydrogen-bond acceptors (Lipinski definition) is 6. The summed E-state index contributed by atoms with van der Waals surface area (Å²) in [5, 5.41) is 1.48. The first-order valence-corrected chi connectivity index (χ1v) is 12.2. The van der Waals surface area contributed by atoms with Crippen LogP contribution in [-0.4, -0.2) is 28.3 Å². The van der Waals surface area contributed by atoms with Crippen LogP contribution in [0.3, 0.4) is 0 Å². The summed E-state index contributed by atoms with van der Waals surface area (Å²) < 4.78 is 11.7. The van der Waals surface area contributed by atoms with Gasteiger partial charge in [-0.15, -0.1) is 0 Å². The van der Waals surface area contributed by atoms with Gasteiger partial charge >= 0.3 is 0 Å². The summed E-state index contributed by atoms with van der Waals surface area (Å²) in [5.41, 5.74) is 5.83. The maximum Gasteiger partial charge on any atom is 0.285 e. The molecule has 1 saturated heterocycles. The highest BCUT2D eigenvalue weighted by atomic mass is 35.5. The van der Waals surface area contributed by atoms with E-state index in [-0.39, 0.29) is 4.32 Å². The van der Waals surface area contributed by atoms with E-state index in [0.29, 0.717) is 33.6 Å². The summed E-state index contributed by atoms with van der Waals surface area (Å²) in [6.07, 6.45) is 1.69. The summed E-state index contributed by atoms with van der Waals surface area (Å²) in [6, 6.07) is 19.8. The first-order chi connectivity index (χ1) is 16.9. The molecule has 1 aliphatic rings. The van der Waals surface area contributed by atoms with Crippen molar-refractivity contribution in [1.29, 1.82) is 0 Å². The van der Waals surface area contributed by atoms with Gasteiger partial charge in [-0.05, 0) is 72.2 Å². The van der Waals surface area contributed by atoms with Crippen LogP contribution in [0.5, 0.6) is 11.5 Å². The number of halogens is 1. The number of hydrazine groups is 1. The monoisotopic (exact) mass is 524 g/mol. The van der Waals surface area contributed by atoms with Crippen LogP contribution in [0.1, 0.15) is 27.0 Å². The second-order valence-corrected chi connectivity index (χ2v) is 9.71. The number of ether oxygens (including phenoxy) is 2. The molecule has 178 valence electrons. The minimum absolute atomic E-state index is 0.224. The number of carbonyl (C=O) groups excluding carboxylic acids is 2. The zero-order chi connectivity index (χ0) is 24.9. The van der Waals surface area contributed by atoms with E-state index in [1.54, 1.807) is 43.5 Å². The van der Waals surface area contributed by atoms with Crippen molar-refractivity contribution in [3.8, 4) is 11.5 Å². The van der Waals surface area contributed by atoms with Gasteiger partial charge in [0.05, 0.1) is 12.0 Å². The quantitative estimate of drug-likeness (QED) is 0.312. The highest BCUT2D eigenvalue weighted by molar-refractivity contribution is 8.26. The Kier molecular flexibility index (Phi) is 7.75. The maximum absolute atomic E-state index is 12.9. The number of thioether (sulfide) groups is 1. The van der Waals surface area contributed by atoms with Gasteiger partial charge in [-0.3, -0.25) is 15.0 Å². The largest absolute Gasteiger partial charge is 0.493 e. The minimum atomic E-state index is -0.484. The number of aryl methyl sites for hydroxylation is 1. The van der Waals surface area contributed by atoms with Gasteiger partial charge in [-0.1, -0.05) is 59.8 Å². The molecule has 0 atom stereocenters. The van der Waals surface area contributed by atoms with Crippen LogP contribution >= 0.6 is 35.6 Å². The molecule has 6 nitrogen and oxygen atoms in total. The van der Waals surface area contributed by atoms with E-state index in [0.717, 1.165) is 33.5 Å². The third-order valence-corrected chi connectivity index (χ3v) is 6.76. The fraction of sp³-hybridized carbons (Fsp3) is 0.115. The number of benzene rings is 3. The number of thiocarbonyl (C=S) groups is 1. The molecule has 3 aromatic carbocycles. The Balaban J connectivity index is 1.47. The fourth-order valence-corrected chi connectivity index (χ4v) is 4.70. The van der Waals surface area contributed by atoms with Crippen molar-refractivity contribution in [3.05, 3.63) is 98.9 Å². The zero-order valence-electron chi connectivity index (χ0n) is 18.9. The molecule has 0 bridgehead atoms. The summed E-state index contributed by atoms with van der Waals surface area (Å²) >= 11 is 12.4. The Morgan fingerprint density at radius 3 is 2.66 bits per heavy atom. The van der Waals surface area contributed by atoms with Crippen LogP contribution < -0.4 is 14.9 Å². The van der Waals surface area contributed by atoms with Crippen LogP contribution in [0.25, 0.3) is 6.08 Å². The third-order valence-electron chi connectivity index (χ3n) is 5.22. The molecule has 0 unspecified atom stereocenters. The Morgan fingerprint density at radius 1 is 1.11 bits per heavy atom. The van der Waals surface area contributed by atoms with Crippen LogP contribution in [0.15, 0.2) is 71.6 Å². The average Bonchev–Trinajstić information content (AvgIpc) is 3.11. The van der Waals surface area contributed by atoms with Crippen molar-refractivity contribution >= 4 is 57.8 Å². The lowest BCUT2D eigenvalue weighted by Crippen LogP contribution is -2.44. The zero-order valence-corrected chi connectivity index (χ0v) is 21.3. The fourth-order valence-electron chi connectivity index (χ4n) is 3.33. The van der Waals surface area contributed by atoms with Crippen molar-refractivity contribution in [1.82, 2.24) is 10.4 Å². The van der Waals surface area contributed by atoms with E-state index in [9.17, 15) is 9.59 Å². The van der Waals surface area contributed by atoms with E-state index in [2.05, 4.69) is 5.43 Å². The standard InChI is InChI=1S/C26H21ClN2O4S2/c1-16-6-3-4-7-19(16)15-33-21-11-10-17(12-22(21)32-2)13-23-25(31)29(26(34)35-23)28-24(30)18-8-5-9-20(27)14-18/h3-14H,15H2,1-2H3,(H,28,30)/b23-13-. The SMILES string of the molecule is COc1cc(/C=C2\SC(=S)N(NC(=O)c3cccc(Cl)c3)C2=O)ccc1OCc1ccccc1C. The van der Waals surface area contributed by atoms with Crippen LogP contribution in [-0.2, 0) is 11.4 Å². The van der Waals surface area contributed by atoms with E-state index in [4.69, 9.17) is 33.3 Å². The van der Waals surface area contributed by atoms with Gasteiger partial charge in [0.1, 0.15) is 6.61 Å². The van der Waals surface area contributed by atoms with Gasteiger partial charge in [0.25, 0.3) is 11.8 Å². The molecule has 3 aromatic rings. The summed E-state index contributed by atoms with van der Waals surface area (Å²) in [4.78, 5) is 25.8. The highest BCUT2D eigenvalue weighted by Gasteiger charge is 2.33. The molecule has 9 heteroatoms. The van der Waals surface area contributed by atoms with Gasteiger partial charge in [0.2, 0.25) is 0 Å². The Labute approximate surface area is 217 Å². The lowest BCUT2D eigenvalue weighted by molar-refractivity contribution is -0.123. The normalized spacial score (nSPS) is 14.4. The van der Waals surface area contributed by atoms with Gasteiger partial charge in [-0.2, -0.15) is 5.01 Å². The lowest BCUT2D eigenvalue weighted by Gasteiger charge is -2.15. The molecule has 0 spiro atoms. The lowest BCUT2D eigenvalue weighted by atomic mass is 10.1. The predicted molar refractivity (Wildman–Crippen MR) is 142 cm³/mol. The number of carbonyl (C=O) groups is 2. The Morgan fingerprint density at radius 2 is 1.91 bits per heavy atom. The maximum atomic E-state index is 12.9. The number of methoxy groups -OCH3 is 1. The third kappa shape index (κ3) is 5.85. The molecule has 1 heterocycles. The molecule has 35 heavy (non-hydrogen) atoms.